The van der Waals surface area contributed by atoms with E-state index in [2.05, 4.69) is 10.2 Å². The molecule has 2 aliphatic rings. The Morgan fingerprint density at radius 2 is 2.04 bits per heavy atom. The van der Waals surface area contributed by atoms with E-state index in [9.17, 15) is 4.79 Å². The minimum absolute atomic E-state index is 0.103. The molecule has 1 N–H and O–H groups in total. The van der Waals surface area contributed by atoms with Gasteiger partial charge in [0.2, 0.25) is 0 Å². The molecular weight excluding hydrogens is 318 g/mol. The molecule has 0 aliphatic carbocycles. The van der Waals surface area contributed by atoms with E-state index in [4.69, 9.17) is 9.47 Å². The van der Waals surface area contributed by atoms with E-state index < -0.39 is 0 Å². The van der Waals surface area contributed by atoms with Gasteiger partial charge in [0.25, 0.3) is 0 Å². The number of piperidine rings is 1. The van der Waals surface area contributed by atoms with Crippen molar-refractivity contribution in [2.24, 2.45) is 0 Å². The third-order valence-corrected chi connectivity index (χ3v) is 5.00. The van der Waals surface area contributed by atoms with Crippen LogP contribution in [-0.2, 0) is 4.74 Å². The Morgan fingerprint density at radius 1 is 1.28 bits per heavy atom. The molecule has 1 aromatic rings. The molecule has 1 aromatic carbocycles. The average molecular weight is 347 g/mol. The summed E-state index contributed by atoms with van der Waals surface area (Å²) in [5.41, 5.74) is 0.777. The van der Waals surface area contributed by atoms with Crippen molar-refractivity contribution in [3.05, 3.63) is 24.3 Å². The first kappa shape index (κ1) is 18.0. The summed E-state index contributed by atoms with van der Waals surface area (Å²) in [6.07, 6.45) is 4.85. The number of benzene rings is 1. The van der Waals surface area contributed by atoms with Crippen LogP contribution < -0.4 is 10.1 Å². The SMILES string of the molecule is CN(C(=O)Nc1ccc(OCCN2CCCCC2)cc1)[C@@H]1CCOC1. The maximum Gasteiger partial charge on any atom is 0.321 e. The first-order valence-corrected chi connectivity index (χ1v) is 9.29. The number of amides is 2. The smallest absolute Gasteiger partial charge is 0.321 e. The summed E-state index contributed by atoms with van der Waals surface area (Å²) in [4.78, 5) is 16.4. The van der Waals surface area contributed by atoms with Gasteiger partial charge in [-0.2, -0.15) is 0 Å². The van der Waals surface area contributed by atoms with E-state index in [1.807, 2.05) is 31.3 Å². The maximum absolute atomic E-state index is 12.3. The predicted octanol–water partition coefficient (Wildman–Crippen LogP) is 2.80. The highest BCUT2D eigenvalue weighted by atomic mass is 16.5. The molecule has 0 bridgehead atoms. The Labute approximate surface area is 150 Å². The van der Waals surface area contributed by atoms with Gasteiger partial charge in [-0.3, -0.25) is 4.90 Å². The zero-order valence-corrected chi connectivity index (χ0v) is 15.1. The third kappa shape index (κ3) is 5.34. The lowest BCUT2D eigenvalue weighted by molar-refractivity contribution is 0.164. The van der Waals surface area contributed by atoms with Gasteiger partial charge in [-0.05, 0) is 56.6 Å². The summed E-state index contributed by atoms with van der Waals surface area (Å²) < 4.78 is 11.2. The first-order valence-electron chi connectivity index (χ1n) is 9.29. The van der Waals surface area contributed by atoms with Crippen LogP contribution in [0.25, 0.3) is 0 Å². The average Bonchev–Trinajstić information content (AvgIpc) is 3.18. The monoisotopic (exact) mass is 347 g/mol. The number of carbonyl (C=O) groups excluding carboxylic acids is 1. The zero-order valence-electron chi connectivity index (χ0n) is 15.1. The highest BCUT2D eigenvalue weighted by Gasteiger charge is 2.24. The number of rotatable bonds is 6. The van der Waals surface area contributed by atoms with E-state index in [-0.39, 0.29) is 12.1 Å². The van der Waals surface area contributed by atoms with Gasteiger partial charge < -0.3 is 19.7 Å². The number of nitrogens with one attached hydrogen (secondary N) is 1. The van der Waals surface area contributed by atoms with Crippen LogP contribution in [0.2, 0.25) is 0 Å². The summed E-state index contributed by atoms with van der Waals surface area (Å²) in [6.45, 7) is 5.41. The Hall–Kier alpha value is -1.79. The lowest BCUT2D eigenvalue weighted by Gasteiger charge is -2.26. The largest absolute Gasteiger partial charge is 0.492 e. The Kier molecular flexibility index (Phi) is 6.53. The van der Waals surface area contributed by atoms with E-state index >= 15 is 0 Å². The topological polar surface area (TPSA) is 54.0 Å². The van der Waals surface area contributed by atoms with Gasteiger partial charge in [0.15, 0.2) is 0 Å². The Morgan fingerprint density at radius 3 is 2.72 bits per heavy atom. The number of urea groups is 1. The fourth-order valence-electron chi connectivity index (χ4n) is 3.32. The molecule has 2 amide bonds. The molecule has 0 spiro atoms. The summed E-state index contributed by atoms with van der Waals surface area (Å²) in [5.74, 6) is 0.840. The molecular formula is C19H29N3O3. The lowest BCUT2D eigenvalue weighted by Crippen LogP contribution is -2.40. The second-order valence-electron chi connectivity index (χ2n) is 6.83. The fourth-order valence-corrected chi connectivity index (χ4v) is 3.32. The minimum Gasteiger partial charge on any atom is -0.492 e. The van der Waals surface area contributed by atoms with Crippen LogP contribution in [0.1, 0.15) is 25.7 Å². The van der Waals surface area contributed by atoms with E-state index in [1.54, 1.807) is 4.90 Å². The second kappa shape index (κ2) is 9.06. The summed E-state index contributed by atoms with van der Waals surface area (Å²) in [5, 5.41) is 2.92. The van der Waals surface area contributed by atoms with Crippen LogP contribution >= 0.6 is 0 Å². The highest BCUT2D eigenvalue weighted by molar-refractivity contribution is 5.89. The van der Waals surface area contributed by atoms with Crippen molar-refractivity contribution in [3.63, 3.8) is 0 Å². The summed E-state index contributed by atoms with van der Waals surface area (Å²) in [6, 6.07) is 7.64. The molecule has 0 radical (unpaired) electrons. The number of likely N-dealkylation sites (tertiary alicyclic amines) is 1. The first-order chi connectivity index (χ1) is 12.2. The number of likely N-dealkylation sites (N-methyl/N-ethyl adjacent to an activating group) is 1. The molecule has 0 saturated carbocycles. The van der Waals surface area contributed by atoms with Crippen molar-refractivity contribution in [2.75, 3.05) is 51.8 Å². The third-order valence-electron chi connectivity index (χ3n) is 5.00. The van der Waals surface area contributed by atoms with Crippen LogP contribution in [0.5, 0.6) is 5.75 Å². The number of hydrogen-bond acceptors (Lipinski definition) is 4. The highest BCUT2D eigenvalue weighted by Crippen LogP contribution is 2.18. The van der Waals surface area contributed by atoms with Gasteiger partial charge in [-0.25, -0.2) is 4.79 Å². The zero-order chi connectivity index (χ0) is 17.5. The maximum atomic E-state index is 12.3. The molecule has 3 rings (SSSR count). The van der Waals surface area contributed by atoms with Gasteiger partial charge in [-0.1, -0.05) is 6.42 Å². The predicted molar refractivity (Wildman–Crippen MR) is 98.2 cm³/mol. The second-order valence-corrected chi connectivity index (χ2v) is 6.83. The van der Waals surface area contributed by atoms with Crippen molar-refractivity contribution >= 4 is 11.7 Å². The standard InChI is InChI=1S/C19H29N3O3/c1-21(17-9-13-24-15-17)19(23)20-16-5-7-18(8-6-16)25-14-12-22-10-3-2-4-11-22/h5-8,17H,2-4,9-15H2,1H3,(H,20,23)/t17-/m1/s1. The molecule has 2 saturated heterocycles. The molecule has 2 aliphatic heterocycles. The molecule has 25 heavy (non-hydrogen) atoms. The normalized spacial score (nSPS) is 21.1. The van der Waals surface area contributed by atoms with Crippen molar-refractivity contribution in [1.82, 2.24) is 9.80 Å². The quantitative estimate of drug-likeness (QED) is 0.860. The van der Waals surface area contributed by atoms with Crippen LogP contribution in [0, 0.1) is 0 Å². The minimum atomic E-state index is -0.103. The fraction of sp³-hybridized carbons (Fsp3) is 0.632. The van der Waals surface area contributed by atoms with Crippen LogP contribution in [0.15, 0.2) is 24.3 Å². The number of hydrogen-bond donors (Lipinski definition) is 1. The summed E-state index contributed by atoms with van der Waals surface area (Å²) >= 11 is 0. The molecule has 138 valence electrons. The van der Waals surface area contributed by atoms with Crippen molar-refractivity contribution in [2.45, 2.75) is 31.7 Å². The molecule has 0 aromatic heterocycles. The molecule has 0 unspecified atom stereocenters. The summed E-state index contributed by atoms with van der Waals surface area (Å²) in [7, 11) is 1.81. The van der Waals surface area contributed by atoms with Crippen LogP contribution in [0.3, 0.4) is 0 Å². The van der Waals surface area contributed by atoms with Crippen molar-refractivity contribution in [3.8, 4) is 5.75 Å². The van der Waals surface area contributed by atoms with Gasteiger partial charge >= 0.3 is 6.03 Å². The van der Waals surface area contributed by atoms with Gasteiger partial charge in [0.05, 0.1) is 12.6 Å². The number of ether oxygens (including phenoxy) is 2. The van der Waals surface area contributed by atoms with Crippen LogP contribution in [0.4, 0.5) is 10.5 Å². The van der Waals surface area contributed by atoms with E-state index in [1.165, 1.54) is 32.4 Å². The van der Waals surface area contributed by atoms with E-state index in [0.29, 0.717) is 13.2 Å². The Balaban J connectivity index is 1.41. The molecule has 2 heterocycles. The lowest BCUT2D eigenvalue weighted by atomic mass is 10.1. The number of anilines is 1. The van der Waals surface area contributed by atoms with Gasteiger partial charge in [-0.15, -0.1) is 0 Å². The van der Waals surface area contributed by atoms with Crippen molar-refractivity contribution in [1.29, 1.82) is 0 Å². The molecule has 1 atom stereocenters. The van der Waals surface area contributed by atoms with Gasteiger partial charge in [0, 0.05) is 25.9 Å². The molecule has 6 nitrogen and oxygen atoms in total. The number of nitrogens with zero attached hydrogens (tertiary/aromatic N) is 2. The molecule has 6 heteroatoms. The van der Waals surface area contributed by atoms with E-state index in [0.717, 1.165) is 31.0 Å². The van der Waals surface area contributed by atoms with Crippen molar-refractivity contribution < 1.29 is 14.3 Å². The Bertz CT molecular complexity index is 537. The number of carbonyl (C=O) groups is 1. The molecule has 2 fully saturated rings. The van der Waals surface area contributed by atoms with Crippen LogP contribution in [-0.4, -0.2) is 68.4 Å². The van der Waals surface area contributed by atoms with Gasteiger partial charge in [0.1, 0.15) is 12.4 Å².